The van der Waals surface area contributed by atoms with E-state index in [1.54, 1.807) is 6.20 Å². The standard InChI is InChI=1S/C26H29F3N2O/c1-3-5-18-13-23-19(12-17(18)4-2)10-11-31(16-32)25(23)9-6-20-15-30-24-8-7-21(14-22(20)24)26(27,28)29/h7-8,12-16,25,30H,3-6,9-11H2,1-2H3. The van der Waals surface area contributed by atoms with Gasteiger partial charge in [0.25, 0.3) is 0 Å². The van der Waals surface area contributed by atoms with Crippen molar-refractivity contribution >= 4 is 17.3 Å². The monoisotopic (exact) mass is 442 g/mol. The van der Waals surface area contributed by atoms with Crippen molar-refractivity contribution in [2.45, 2.75) is 64.6 Å². The molecule has 6 heteroatoms. The molecule has 0 radical (unpaired) electrons. The minimum atomic E-state index is -4.37. The number of benzene rings is 2. The molecule has 0 aliphatic carbocycles. The summed E-state index contributed by atoms with van der Waals surface area (Å²) in [7, 11) is 0. The molecule has 0 bridgehead atoms. The molecule has 1 N–H and O–H groups in total. The minimum Gasteiger partial charge on any atom is -0.361 e. The molecule has 0 saturated heterocycles. The van der Waals surface area contributed by atoms with Gasteiger partial charge in [0, 0.05) is 23.6 Å². The van der Waals surface area contributed by atoms with Crippen LogP contribution in [-0.2, 0) is 36.7 Å². The highest BCUT2D eigenvalue weighted by molar-refractivity contribution is 5.84. The van der Waals surface area contributed by atoms with E-state index in [1.807, 2.05) is 4.90 Å². The molecule has 3 nitrogen and oxygen atoms in total. The van der Waals surface area contributed by atoms with Crippen LogP contribution in [0.1, 0.15) is 66.1 Å². The van der Waals surface area contributed by atoms with E-state index in [-0.39, 0.29) is 6.04 Å². The second-order valence-corrected chi connectivity index (χ2v) is 8.64. The third kappa shape index (κ3) is 4.27. The molecule has 3 aromatic rings. The summed E-state index contributed by atoms with van der Waals surface area (Å²) in [4.78, 5) is 16.8. The average molecular weight is 443 g/mol. The van der Waals surface area contributed by atoms with Gasteiger partial charge in [0.1, 0.15) is 0 Å². The maximum absolute atomic E-state index is 13.2. The lowest BCUT2D eigenvalue weighted by Gasteiger charge is -2.36. The van der Waals surface area contributed by atoms with Crippen molar-refractivity contribution in [1.29, 1.82) is 0 Å². The van der Waals surface area contributed by atoms with Crippen molar-refractivity contribution in [2.24, 2.45) is 0 Å². The largest absolute Gasteiger partial charge is 0.416 e. The van der Waals surface area contributed by atoms with E-state index in [2.05, 4.69) is 31.0 Å². The number of hydrogen-bond donors (Lipinski definition) is 1. The Morgan fingerprint density at radius 1 is 1.09 bits per heavy atom. The number of alkyl halides is 3. The SMILES string of the molecule is CCCc1cc2c(cc1CC)CCN(C=O)C2CCc1c[nH]c2ccc(C(F)(F)F)cc12. The first kappa shape index (κ1) is 22.4. The van der Waals surface area contributed by atoms with Gasteiger partial charge in [0.05, 0.1) is 11.6 Å². The number of fused-ring (bicyclic) bond motifs is 2. The summed E-state index contributed by atoms with van der Waals surface area (Å²) in [5, 5.41) is 0.599. The second kappa shape index (κ2) is 9.00. The summed E-state index contributed by atoms with van der Waals surface area (Å²) in [5.74, 6) is 0. The van der Waals surface area contributed by atoms with Crippen molar-refractivity contribution < 1.29 is 18.0 Å². The molecule has 2 aromatic carbocycles. The Kier molecular flexibility index (Phi) is 6.31. The Morgan fingerprint density at radius 3 is 2.59 bits per heavy atom. The lowest BCUT2D eigenvalue weighted by molar-refractivity contribution is -0.137. The number of hydrogen-bond acceptors (Lipinski definition) is 1. The van der Waals surface area contributed by atoms with Gasteiger partial charge in [0.15, 0.2) is 0 Å². The topological polar surface area (TPSA) is 36.1 Å². The van der Waals surface area contributed by atoms with Gasteiger partial charge in [-0.05, 0) is 78.1 Å². The van der Waals surface area contributed by atoms with Crippen molar-refractivity contribution in [2.75, 3.05) is 6.54 Å². The van der Waals surface area contributed by atoms with Crippen LogP contribution in [-0.4, -0.2) is 22.8 Å². The Labute approximate surface area is 186 Å². The highest BCUT2D eigenvalue weighted by atomic mass is 19.4. The zero-order valence-electron chi connectivity index (χ0n) is 18.6. The van der Waals surface area contributed by atoms with E-state index in [1.165, 1.54) is 34.4 Å². The van der Waals surface area contributed by atoms with E-state index in [4.69, 9.17) is 0 Å². The number of aryl methyl sites for hydroxylation is 3. The minimum absolute atomic E-state index is 0.0616. The molecule has 1 aliphatic rings. The predicted octanol–water partition coefficient (Wildman–Crippen LogP) is 6.39. The zero-order valence-corrected chi connectivity index (χ0v) is 18.6. The fourth-order valence-electron chi connectivity index (χ4n) is 5.00. The number of carbonyl (C=O) groups is 1. The van der Waals surface area contributed by atoms with Gasteiger partial charge in [-0.25, -0.2) is 0 Å². The second-order valence-electron chi connectivity index (χ2n) is 8.64. The molecular formula is C26H29F3N2O. The van der Waals surface area contributed by atoms with Crippen LogP contribution in [0.4, 0.5) is 13.2 Å². The third-order valence-corrected chi connectivity index (χ3v) is 6.68. The lowest BCUT2D eigenvalue weighted by Crippen LogP contribution is -2.35. The average Bonchev–Trinajstić information content (AvgIpc) is 3.18. The van der Waals surface area contributed by atoms with E-state index in [0.717, 1.165) is 43.7 Å². The van der Waals surface area contributed by atoms with E-state index in [9.17, 15) is 18.0 Å². The highest BCUT2D eigenvalue weighted by Crippen LogP contribution is 2.36. The molecule has 2 heterocycles. The highest BCUT2D eigenvalue weighted by Gasteiger charge is 2.31. The maximum atomic E-state index is 13.2. The molecule has 0 spiro atoms. The Balaban J connectivity index is 1.65. The number of carbonyl (C=O) groups excluding carboxylic acids is 1. The number of aromatic nitrogens is 1. The van der Waals surface area contributed by atoms with Crippen LogP contribution < -0.4 is 0 Å². The number of halogens is 3. The molecule has 1 aromatic heterocycles. The van der Waals surface area contributed by atoms with Gasteiger partial charge >= 0.3 is 6.18 Å². The molecule has 0 saturated carbocycles. The fourth-order valence-corrected chi connectivity index (χ4v) is 5.00. The first-order chi connectivity index (χ1) is 15.4. The van der Waals surface area contributed by atoms with Gasteiger partial charge in [-0.1, -0.05) is 32.4 Å². The van der Waals surface area contributed by atoms with Gasteiger partial charge < -0.3 is 9.88 Å². The van der Waals surface area contributed by atoms with Crippen LogP contribution in [0.3, 0.4) is 0 Å². The van der Waals surface area contributed by atoms with E-state index < -0.39 is 11.7 Å². The fraction of sp³-hybridized carbons (Fsp3) is 0.423. The molecular weight excluding hydrogens is 413 g/mol. The van der Waals surface area contributed by atoms with Crippen molar-refractivity contribution in [3.63, 3.8) is 0 Å². The molecule has 1 amide bonds. The quantitative estimate of drug-likeness (QED) is 0.423. The Bertz CT molecular complexity index is 1120. The number of nitrogens with zero attached hydrogens (tertiary/aromatic N) is 1. The number of rotatable bonds is 7. The summed E-state index contributed by atoms with van der Waals surface area (Å²) in [6, 6.07) is 8.33. The number of nitrogens with one attached hydrogen (secondary N) is 1. The van der Waals surface area contributed by atoms with Crippen LogP contribution in [0.5, 0.6) is 0 Å². The zero-order chi connectivity index (χ0) is 22.9. The molecule has 1 unspecified atom stereocenters. The van der Waals surface area contributed by atoms with Crippen LogP contribution in [0, 0.1) is 0 Å². The summed E-state index contributed by atoms with van der Waals surface area (Å²) < 4.78 is 39.6. The van der Waals surface area contributed by atoms with E-state index in [0.29, 0.717) is 30.3 Å². The van der Waals surface area contributed by atoms with Gasteiger partial charge in [-0.2, -0.15) is 13.2 Å². The van der Waals surface area contributed by atoms with Crippen molar-refractivity contribution in [1.82, 2.24) is 9.88 Å². The number of H-pyrrole nitrogens is 1. The first-order valence-corrected chi connectivity index (χ1v) is 11.4. The van der Waals surface area contributed by atoms with Crippen LogP contribution >= 0.6 is 0 Å². The number of amides is 1. The van der Waals surface area contributed by atoms with E-state index >= 15 is 0 Å². The lowest BCUT2D eigenvalue weighted by atomic mass is 9.85. The molecule has 0 fully saturated rings. The summed E-state index contributed by atoms with van der Waals surface area (Å²) in [6.45, 7) is 5.01. The van der Waals surface area contributed by atoms with Gasteiger partial charge in [0.2, 0.25) is 6.41 Å². The first-order valence-electron chi connectivity index (χ1n) is 11.4. The number of aromatic amines is 1. The predicted molar refractivity (Wildman–Crippen MR) is 121 cm³/mol. The molecule has 1 atom stereocenters. The van der Waals surface area contributed by atoms with Gasteiger partial charge in [-0.3, -0.25) is 4.79 Å². The molecule has 1 aliphatic heterocycles. The van der Waals surface area contributed by atoms with Gasteiger partial charge in [-0.15, -0.1) is 0 Å². The smallest absolute Gasteiger partial charge is 0.361 e. The molecule has 170 valence electrons. The third-order valence-electron chi connectivity index (χ3n) is 6.68. The van der Waals surface area contributed by atoms with Crippen molar-refractivity contribution in [3.05, 3.63) is 69.9 Å². The Hall–Kier alpha value is -2.76. The summed E-state index contributed by atoms with van der Waals surface area (Å²) in [5.41, 5.74) is 6.11. The van der Waals surface area contributed by atoms with Crippen LogP contribution in [0.15, 0.2) is 36.5 Å². The summed E-state index contributed by atoms with van der Waals surface area (Å²) in [6.07, 6.45) is 3.50. The normalized spacial score (nSPS) is 16.4. The summed E-state index contributed by atoms with van der Waals surface area (Å²) >= 11 is 0. The van der Waals surface area contributed by atoms with Crippen molar-refractivity contribution in [3.8, 4) is 0 Å². The molecule has 4 rings (SSSR count). The van der Waals surface area contributed by atoms with Crippen LogP contribution in [0.2, 0.25) is 0 Å². The maximum Gasteiger partial charge on any atom is 0.416 e. The van der Waals surface area contributed by atoms with Crippen LogP contribution in [0.25, 0.3) is 10.9 Å². The Morgan fingerprint density at radius 2 is 1.91 bits per heavy atom. The molecule has 32 heavy (non-hydrogen) atoms.